The maximum absolute atomic E-state index is 6.17. The third kappa shape index (κ3) is 4.27. The predicted octanol–water partition coefficient (Wildman–Crippen LogP) is 5.75. The number of rotatable bonds is 5. The second kappa shape index (κ2) is 8.99. The van der Waals surface area contributed by atoms with Crippen LogP contribution in [0.3, 0.4) is 0 Å². The molecule has 3 heteroatoms. The van der Waals surface area contributed by atoms with Crippen LogP contribution in [0.4, 0.5) is 5.69 Å². The van der Waals surface area contributed by atoms with Crippen molar-refractivity contribution >= 4 is 5.69 Å². The molecule has 32 heavy (non-hydrogen) atoms. The Labute approximate surface area is 192 Å². The molecular weight excluding hydrogens is 392 g/mol. The van der Waals surface area contributed by atoms with Crippen LogP contribution >= 0.6 is 0 Å². The van der Waals surface area contributed by atoms with Crippen LogP contribution in [0.1, 0.15) is 31.4 Å². The number of hydrogen-bond acceptors (Lipinski definition) is 3. The molecule has 2 heterocycles. The van der Waals surface area contributed by atoms with Gasteiger partial charge in [-0.05, 0) is 53.1 Å². The minimum atomic E-state index is 0.146. The Hall–Kier alpha value is -2.78. The molecule has 0 aromatic heterocycles. The largest absolute Gasteiger partial charge is 0.489 e. The van der Waals surface area contributed by atoms with E-state index in [1.165, 1.54) is 29.8 Å². The lowest BCUT2D eigenvalue weighted by Crippen LogP contribution is -2.61. The quantitative estimate of drug-likeness (QED) is 0.516. The van der Waals surface area contributed by atoms with E-state index in [-0.39, 0.29) is 5.41 Å². The summed E-state index contributed by atoms with van der Waals surface area (Å²) in [5.41, 5.74) is 4.11. The molecule has 0 bridgehead atoms. The molecular formula is C29H34N2O. The van der Waals surface area contributed by atoms with Gasteiger partial charge < -0.3 is 9.64 Å². The van der Waals surface area contributed by atoms with E-state index in [1.807, 2.05) is 6.07 Å². The van der Waals surface area contributed by atoms with Gasteiger partial charge in [0.05, 0.1) is 0 Å². The van der Waals surface area contributed by atoms with Gasteiger partial charge in [0.2, 0.25) is 0 Å². The zero-order valence-corrected chi connectivity index (χ0v) is 19.3. The molecule has 2 fully saturated rings. The molecule has 0 unspecified atom stereocenters. The molecule has 0 amide bonds. The maximum atomic E-state index is 6.17. The number of ether oxygens (including phenoxy) is 1. The molecule has 0 N–H and O–H groups in total. The molecule has 0 aliphatic carbocycles. The number of piperidine rings is 1. The molecule has 2 aliphatic heterocycles. The molecule has 3 aromatic rings. The number of nitrogens with zero attached hydrogens (tertiary/aromatic N) is 2. The van der Waals surface area contributed by atoms with Crippen molar-refractivity contribution in [1.29, 1.82) is 0 Å². The zero-order chi connectivity index (χ0) is 22.0. The van der Waals surface area contributed by atoms with Crippen LogP contribution in [-0.2, 0) is 12.0 Å². The summed E-state index contributed by atoms with van der Waals surface area (Å²) in [4.78, 5) is 5.29. The van der Waals surface area contributed by atoms with Gasteiger partial charge in [-0.25, -0.2) is 0 Å². The van der Waals surface area contributed by atoms with E-state index in [0.29, 0.717) is 18.6 Å². The highest BCUT2D eigenvalue weighted by molar-refractivity contribution is 5.47. The average Bonchev–Trinajstić information content (AvgIpc) is 2.84. The molecule has 5 rings (SSSR count). The van der Waals surface area contributed by atoms with Crippen LogP contribution < -0.4 is 9.64 Å². The fourth-order valence-corrected chi connectivity index (χ4v) is 5.53. The maximum Gasteiger partial charge on any atom is 0.120 e. The fourth-order valence-electron chi connectivity index (χ4n) is 5.53. The van der Waals surface area contributed by atoms with Gasteiger partial charge in [-0.1, -0.05) is 74.5 Å². The molecule has 2 aliphatic rings. The second-order valence-electron chi connectivity index (χ2n) is 9.76. The first-order valence-corrected chi connectivity index (χ1v) is 11.9. The molecule has 166 valence electrons. The normalized spacial score (nSPS) is 25.9. The van der Waals surface area contributed by atoms with E-state index < -0.39 is 0 Å². The fraction of sp³-hybridized carbons (Fsp3) is 0.379. The number of piperazine rings is 1. The summed E-state index contributed by atoms with van der Waals surface area (Å²) in [6.07, 6.45) is 1.18. The SMILES string of the molecule is C[C@H]1CN2CCN(c3ccccc3)C[C@H]2C[C@@]1(C)c1cccc(OCc2ccccc2)c1. The number of benzene rings is 3. The van der Waals surface area contributed by atoms with Crippen molar-refractivity contribution in [2.24, 2.45) is 5.92 Å². The minimum absolute atomic E-state index is 0.146. The highest BCUT2D eigenvalue weighted by Gasteiger charge is 2.44. The number of fused-ring (bicyclic) bond motifs is 1. The first kappa shape index (κ1) is 21.1. The van der Waals surface area contributed by atoms with Crippen molar-refractivity contribution in [3.8, 4) is 5.75 Å². The van der Waals surface area contributed by atoms with Crippen LogP contribution in [0.5, 0.6) is 5.75 Å². The first-order chi connectivity index (χ1) is 15.6. The summed E-state index contributed by atoms with van der Waals surface area (Å²) >= 11 is 0. The highest BCUT2D eigenvalue weighted by atomic mass is 16.5. The van der Waals surface area contributed by atoms with Gasteiger partial charge in [0.25, 0.3) is 0 Å². The average molecular weight is 427 g/mol. The molecule has 0 radical (unpaired) electrons. The second-order valence-corrected chi connectivity index (χ2v) is 9.76. The van der Waals surface area contributed by atoms with E-state index in [9.17, 15) is 0 Å². The van der Waals surface area contributed by atoms with Crippen molar-refractivity contribution in [2.75, 3.05) is 31.1 Å². The van der Waals surface area contributed by atoms with Crippen molar-refractivity contribution in [1.82, 2.24) is 4.90 Å². The zero-order valence-electron chi connectivity index (χ0n) is 19.3. The minimum Gasteiger partial charge on any atom is -0.489 e. The van der Waals surface area contributed by atoms with Crippen molar-refractivity contribution in [3.63, 3.8) is 0 Å². The van der Waals surface area contributed by atoms with Crippen LogP contribution in [0, 0.1) is 5.92 Å². The lowest BCUT2D eigenvalue weighted by atomic mass is 9.65. The van der Waals surface area contributed by atoms with E-state index >= 15 is 0 Å². The highest BCUT2D eigenvalue weighted by Crippen LogP contribution is 2.43. The van der Waals surface area contributed by atoms with Crippen LogP contribution in [0.15, 0.2) is 84.9 Å². The summed E-state index contributed by atoms with van der Waals surface area (Å²) in [6, 6.07) is 30.7. The van der Waals surface area contributed by atoms with Gasteiger partial charge in [0.15, 0.2) is 0 Å². The van der Waals surface area contributed by atoms with Gasteiger partial charge in [0.1, 0.15) is 12.4 Å². The number of para-hydroxylation sites is 1. The topological polar surface area (TPSA) is 15.7 Å². The van der Waals surface area contributed by atoms with E-state index in [1.54, 1.807) is 0 Å². The van der Waals surface area contributed by atoms with E-state index in [4.69, 9.17) is 4.74 Å². The third-order valence-electron chi connectivity index (χ3n) is 7.72. The molecule has 2 saturated heterocycles. The lowest BCUT2D eigenvalue weighted by molar-refractivity contribution is 0.0467. The molecule has 0 saturated carbocycles. The Morgan fingerprint density at radius 1 is 0.875 bits per heavy atom. The van der Waals surface area contributed by atoms with Gasteiger partial charge in [-0.15, -0.1) is 0 Å². The summed E-state index contributed by atoms with van der Waals surface area (Å²) < 4.78 is 6.17. The summed E-state index contributed by atoms with van der Waals surface area (Å²) in [5, 5.41) is 0. The van der Waals surface area contributed by atoms with E-state index in [0.717, 1.165) is 25.4 Å². The number of hydrogen-bond donors (Lipinski definition) is 0. The Morgan fingerprint density at radius 3 is 2.41 bits per heavy atom. The summed E-state index contributed by atoms with van der Waals surface area (Å²) in [7, 11) is 0. The molecule has 0 spiro atoms. The first-order valence-electron chi connectivity index (χ1n) is 11.9. The third-order valence-corrected chi connectivity index (χ3v) is 7.72. The summed E-state index contributed by atoms with van der Waals surface area (Å²) in [5.74, 6) is 1.57. The number of anilines is 1. The van der Waals surface area contributed by atoms with Crippen LogP contribution in [0.25, 0.3) is 0 Å². The Balaban J connectivity index is 1.32. The Morgan fingerprint density at radius 2 is 1.62 bits per heavy atom. The van der Waals surface area contributed by atoms with E-state index in [2.05, 4.69) is 103 Å². The summed E-state index contributed by atoms with van der Waals surface area (Å²) in [6.45, 7) is 10.0. The van der Waals surface area contributed by atoms with Gasteiger partial charge >= 0.3 is 0 Å². The van der Waals surface area contributed by atoms with Crippen molar-refractivity contribution in [3.05, 3.63) is 96.1 Å². The molecule has 3 aromatic carbocycles. The predicted molar refractivity (Wildman–Crippen MR) is 132 cm³/mol. The van der Waals surface area contributed by atoms with Gasteiger partial charge in [0, 0.05) is 37.9 Å². The van der Waals surface area contributed by atoms with Crippen LogP contribution in [-0.4, -0.2) is 37.1 Å². The lowest BCUT2D eigenvalue weighted by Gasteiger charge is -2.53. The molecule has 3 nitrogen and oxygen atoms in total. The standard InChI is InChI=1S/C29H34N2O/c1-23-20-30-16-17-31(26-13-7-4-8-14-26)21-27(30)19-29(23,2)25-12-9-15-28(18-25)32-22-24-10-5-3-6-11-24/h3-15,18,23,27H,16-17,19-22H2,1-2H3/t23-,27+,29+/m0/s1. The van der Waals surface area contributed by atoms with Gasteiger partial charge in [-0.3, -0.25) is 4.90 Å². The Kier molecular flexibility index (Phi) is 5.93. The molecule has 3 atom stereocenters. The van der Waals surface area contributed by atoms with Crippen molar-refractivity contribution < 1.29 is 4.74 Å². The Bertz CT molecular complexity index is 1020. The smallest absolute Gasteiger partial charge is 0.120 e. The van der Waals surface area contributed by atoms with Crippen LogP contribution in [0.2, 0.25) is 0 Å². The van der Waals surface area contributed by atoms with Gasteiger partial charge in [-0.2, -0.15) is 0 Å². The monoisotopic (exact) mass is 426 g/mol. The van der Waals surface area contributed by atoms with Crippen molar-refractivity contribution in [2.45, 2.75) is 38.3 Å².